The third-order valence-corrected chi connectivity index (χ3v) is 3.86. The van der Waals surface area contributed by atoms with Crippen molar-refractivity contribution < 1.29 is 23.4 Å². The lowest BCUT2D eigenvalue weighted by Crippen LogP contribution is -1.93. The van der Waals surface area contributed by atoms with Gasteiger partial charge in [-0.2, -0.15) is 0 Å². The molecule has 3 aromatic rings. The highest BCUT2D eigenvalue weighted by Gasteiger charge is 2.16. The Kier molecular flexibility index (Phi) is 3.89. The zero-order valence-electron chi connectivity index (χ0n) is 13.8. The predicted octanol–water partition coefficient (Wildman–Crippen LogP) is 3.07. The summed E-state index contributed by atoms with van der Waals surface area (Å²) in [6, 6.07) is 11.2. The number of nitrogens with zero attached hydrogens (tertiary/aromatic N) is 2. The third kappa shape index (κ3) is 3.08. The van der Waals surface area contributed by atoms with Gasteiger partial charge in [0.2, 0.25) is 18.6 Å². The van der Waals surface area contributed by atoms with E-state index in [9.17, 15) is 0 Å². The monoisotopic (exact) mass is 340 g/mol. The second-order valence-corrected chi connectivity index (χ2v) is 5.47. The van der Waals surface area contributed by atoms with E-state index in [-0.39, 0.29) is 6.79 Å². The van der Waals surface area contributed by atoms with Gasteiger partial charge < -0.3 is 23.4 Å². The molecule has 128 valence electrons. The molecule has 0 N–H and O–H groups in total. The molecular formula is C18H16N2O5. The van der Waals surface area contributed by atoms with E-state index in [2.05, 4.69) is 10.2 Å². The van der Waals surface area contributed by atoms with E-state index in [0.29, 0.717) is 29.7 Å². The topological polar surface area (TPSA) is 75.8 Å². The van der Waals surface area contributed by atoms with Crippen LogP contribution >= 0.6 is 0 Å². The quantitative estimate of drug-likeness (QED) is 0.706. The summed E-state index contributed by atoms with van der Waals surface area (Å²) < 4.78 is 27.0. The molecule has 1 aromatic heterocycles. The van der Waals surface area contributed by atoms with Crippen LogP contribution in [0.1, 0.15) is 11.5 Å². The van der Waals surface area contributed by atoms with Gasteiger partial charge in [0, 0.05) is 11.6 Å². The van der Waals surface area contributed by atoms with E-state index >= 15 is 0 Å². The summed E-state index contributed by atoms with van der Waals surface area (Å²) in [7, 11) is 3.19. The number of fused-ring (bicyclic) bond motifs is 1. The summed E-state index contributed by atoms with van der Waals surface area (Å²) >= 11 is 0. The molecule has 0 saturated carbocycles. The van der Waals surface area contributed by atoms with Gasteiger partial charge in [-0.05, 0) is 29.8 Å². The Labute approximate surface area is 144 Å². The fourth-order valence-electron chi connectivity index (χ4n) is 2.60. The largest absolute Gasteiger partial charge is 0.497 e. The van der Waals surface area contributed by atoms with Gasteiger partial charge in [0.05, 0.1) is 20.6 Å². The van der Waals surface area contributed by atoms with Crippen LogP contribution in [0.5, 0.6) is 23.0 Å². The SMILES string of the molecule is COc1cc(OC)cc(-c2nnc(Cc3ccc4c(c3)OCO4)o2)c1. The van der Waals surface area contributed by atoms with E-state index in [1.54, 1.807) is 20.3 Å². The molecule has 0 amide bonds. The maximum atomic E-state index is 5.79. The van der Waals surface area contributed by atoms with Gasteiger partial charge in [-0.1, -0.05) is 6.07 Å². The number of ether oxygens (including phenoxy) is 4. The van der Waals surface area contributed by atoms with Crippen molar-refractivity contribution >= 4 is 0 Å². The van der Waals surface area contributed by atoms with Crippen LogP contribution in [0, 0.1) is 0 Å². The molecule has 0 atom stereocenters. The van der Waals surface area contributed by atoms with Crippen LogP contribution in [-0.2, 0) is 6.42 Å². The van der Waals surface area contributed by atoms with Crippen LogP contribution in [0.2, 0.25) is 0 Å². The highest BCUT2D eigenvalue weighted by molar-refractivity contribution is 5.59. The van der Waals surface area contributed by atoms with Gasteiger partial charge in [-0.3, -0.25) is 0 Å². The Bertz CT molecular complexity index is 884. The molecule has 0 fully saturated rings. The minimum Gasteiger partial charge on any atom is -0.497 e. The normalized spacial score (nSPS) is 12.2. The molecule has 0 spiro atoms. The summed E-state index contributed by atoms with van der Waals surface area (Å²) in [6.07, 6.45) is 0.505. The maximum Gasteiger partial charge on any atom is 0.248 e. The van der Waals surface area contributed by atoms with Crippen LogP contribution in [-0.4, -0.2) is 31.2 Å². The molecule has 0 saturated heterocycles. The molecule has 0 bridgehead atoms. The predicted molar refractivity (Wildman–Crippen MR) is 88.2 cm³/mol. The third-order valence-electron chi connectivity index (χ3n) is 3.86. The summed E-state index contributed by atoms with van der Waals surface area (Å²) in [4.78, 5) is 0. The first-order valence-electron chi connectivity index (χ1n) is 7.69. The minimum atomic E-state index is 0.251. The van der Waals surface area contributed by atoms with Gasteiger partial charge in [0.1, 0.15) is 11.5 Å². The Morgan fingerprint density at radius 3 is 2.44 bits per heavy atom. The van der Waals surface area contributed by atoms with Crippen LogP contribution in [0.3, 0.4) is 0 Å². The number of aromatic nitrogens is 2. The van der Waals surface area contributed by atoms with Crippen LogP contribution in [0.25, 0.3) is 11.5 Å². The van der Waals surface area contributed by atoms with Crippen molar-refractivity contribution in [2.45, 2.75) is 6.42 Å². The Hall–Kier alpha value is -3.22. The van der Waals surface area contributed by atoms with Gasteiger partial charge >= 0.3 is 0 Å². The number of rotatable bonds is 5. The number of benzene rings is 2. The van der Waals surface area contributed by atoms with Crippen molar-refractivity contribution in [1.82, 2.24) is 10.2 Å². The minimum absolute atomic E-state index is 0.251. The van der Waals surface area contributed by atoms with Crippen molar-refractivity contribution in [2.24, 2.45) is 0 Å². The Morgan fingerprint density at radius 2 is 1.68 bits per heavy atom. The van der Waals surface area contributed by atoms with Crippen LogP contribution in [0.15, 0.2) is 40.8 Å². The highest BCUT2D eigenvalue weighted by atomic mass is 16.7. The highest BCUT2D eigenvalue weighted by Crippen LogP contribution is 2.33. The molecule has 2 heterocycles. The van der Waals surface area contributed by atoms with Crippen LogP contribution in [0.4, 0.5) is 0 Å². The molecular weight excluding hydrogens is 324 g/mol. The van der Waals surface area contributed by atoms with E-state index in [0.717, 1.165) is 22.6 Å². The average molecular weight is 340 g/mol. The summed E-state index contributed by atoms with van der Waals surface area (Å²) in [5.41, 5.74) is 1.74. The summed E-state index contributed by atoms with van der Waals surface area (Å²) in [5, 5.41) is 8.24. The Balaban J connectivity index is 1.58. The van der Waals surface area contributed by atoms with Gasteiger partial charge in [0.25, 0.3) is 0 Å². The lowest BCUT2D eigenvalue weighted by atomic mass is 10.1. The van der Waals surface area contributed by atoms with Crippen molar-refractivity contribution in [3.63, 3.8) is 0 Å². The molecule has 25 heavy (non-hydrogen) atoms. The van der Waals surface area contributed by atoms with E-state index < -0.39 is 0 Å². The molecule has 0 radical (unpaired) electrons. The first-order chi connectivity index (χ1) is 12.2. The fraction of sp³-hybridized carbons (Fsp3) is 0.222. The van der Waals surface area contributed by atoms with Crippen molar-refractivity contribution in [2.75, 3.05) is 21.0 Å². The van der Waals surface area contributed by atoms with Crippen molar-refractivity contribution in [1.29, 1.82) is 0 Å². The molecule has 1 aliphatic heterocycles. The molecule has 0 aliphatic carbocycles. The molecule has 2 aromatic carbocycles. The maximum absolute atomic E-state index is 5.79. The van der Waals surface area contributed by atoms with Crippen molar-refractivity contribution in [3.05, 3.63) is 47.9 Å². The number of hydrogen-bond acceptors (Lipinski definition) is 7. The van der Waals surface area contributed by atoms with Crippen LogP contribution < -0.4 is 18.9 Å². The average Bonchev–Trinajstić information content (AvgIpc) is 3.30. The molecule has 1 aliphatic rings. The lowest BCUT2D eigenvalue weighted by molar-refractivity contribution is 0.174. The first-order valence-corrected chi connectivity index (χ1v) is 7.69. The zero-order chi connectivity index (χ0) is 17.2. The summed E-state index contributed by atoms with van der Waals surface area (Å²) in [6.45, 7) is 0.251. The van der Waals surface area contributed by atoms with Crippen molar-refractivity contribution in [3.8, 4) is 34.5 Å². The van der Waals surface area contributed by atoms with Gasteiger partial charge in [-0.15, -0.1) is 10.2 Å². The van der Waals surface area contributed by atoms with Gasteiger partial charge in [-0.25, -0.2) is 0 Å². The molecule has 4 rings (SSSR count). The van der Waals surface area contributed by atoms with Gasteiger partial charge in [0.15, 0.2) is 11.5 Å². The Morgan fingerprint density at radius 1 is 0.920 bits per heavy atom. The molecule has 7 nitrogen and oxygen atoms in total. The second-order valence-electron chi connectivity index (χ2n) is 5.47. The second kappa shape index (κ2) is 6.35. The fourth-order valence-corrected chi connectivity index (χ4v) is 2.60. The molecule has 7 heteroatoms. The smallest absolute Gasteiger partial charge is 0.248 e. The number of methoxy groups -OCH3 is 2. The first kappa shape index (κ1) is 15.3. The molecule has 0 unspecified atom stereocenters. The number of hydrogen-bond donors (Lipinski definition) is 0. The standard InChI is InChI=1S/C18H16N2O5/c1-21-13-7-12(8-14(9-13)22-2)18-20-19-17(25-18)6-11-3-4-15-16(5-11)24-10-23-15/h3-5,7-9H,6,10H2,1-2H3. The lowest BCUT2D eigenvalue weighted by Gasteiger charge is -2.05. The van der Waals surface area contributed by atoms with E-state index in [1.165, 1.54) is 0 Å². The summed E-state index contributed by atoms with van der Waals surface area (Å²) in [5.74, 6) is 3.71. The van der Waals surface area contributed by atoms with E-state index in [1.807, 2.05) is 30.3 Å². The van der Waals surface area contributed by atoms with E-state index in [4.69, 9.17) is 23.4 Å². The zero-order valence-corrected chi connectivity index (χ0v) is 13.8.